The van der Waals surface area contributed by atoms with Crippen LogP contribution in [0.1, 0.15) is 55.8 Å². The van der Waals surface area contributed by atoms with Crippen LogP contribution in [-0.4, -0.2) is 35.4 Å². The maximum Gasteiger partial charge on any atom is 0.256 e. The van der Waals surface area contributed by atoms with E-state index in [-0.39, 0.29) is 5.91 Å². The second-order valence-corrected chi connectivity index (χ2v) is 5.51. The Balaban J connectivity index is 2.13. The second-order valence-electron chi connectivity index (χ2n) is 5.51. The number of carbonyl (C=O) groups is 1. The molecular formula is C16H25N3O. The van der Waals surface area contributed by atoms with Gasteiger partial charge in [-0.25, -0.2) is 0 Å². The van der Waals surface area contributed by atoms with Crippen molar-refractivity contribution < 1.29 is 4.79 Å². The fourth-order valence-electron chi connectivity index (χ4n) is 2.91. The molecule has 1 N–H and O–H groups in total. The maximum absolute atomic E-state index is 12.7. The van der Waals surface area contributed by atoms with Crippen LogP contribution in [0.25, 0.3) is 0 Å². The Kier molecular flexibility index (Phi) is 5.39. The fraction of sp³-hybridized carbons (Fsp3) is 0.625. The number of hydrogen-bond donors (Lipinski definition) is 1. The Labute approximate surface area is 121 Å². The Bertz CT molecular complexity index is 439. The summed E-state index contributed by atoms with van der Waals surface area (Å²) in [5, 5.41) is 3.22. The van der Waals surface area contributed by atoms with Gasteiger partial charge in [0.1, 0.15) is 0 Å². The minimum atomic E-state index is 0.107. The molecule has 4 heteroatoms. The van der Waals surface area contributed by atoms with E-state index >= 15 is 0 Å². The molecule has 1 aliphatic rings. The highest BCUT2D eigenvalue weighted by molar-refractivity contribution is 5.99. The lowest BCUT2D eigenvalue weighted by atomic mass is 10.1. The lowest BCUT2D eigenvalue weighted by Gasteiger charge is -2.28. The molecule has 1 saturated carbocycles. The Morgan fingerprint density at radius 3 is 2.70 bits per heavy atom. The van der Waals surface area contributed by atoms with Crippen molar-refractivity contribution in [1.82, 2.24) is 9.88 Å². The molecule has 4 nitrogen and oxygen atoms in total. The molecule has 20 heavy (non-hydrogen) atoms. The first-order chi connectivity index (χ1) is 9.74. The number of nitrogens with zero attached hydrogens (tertiary/aromatic N) is 2. The van der Waals surface area contributed by atoms with Crippen LogP contribution in [0.15, 0.2) is 18.5 Å². The Morgan fingerprint density at radius 2 is 2.05 bits per heavy atom. The highest BCUT2D eigenvalue weighted by Gasteiger charge is 2.23. The largest absolute Gasteiger partial charge is 0.383 e. The number of amides is 1. The molecule has 0 spiro atoms. The zero-order valence-corrected chi connectivity index (χ0v) is 12.6. The van der Waals surface area contributed by atoms with Gasteiger partial charge in [-0.2, -0.15) is 0 Å². The van der Waals surface area contributed by atoms with E-state index in [1.807, 2.05) is 24.9 Å². The molecule has 1 heterocycles. The molecule has 1 aliphatic carbocycles. The van der Waals surface area contributed by atoms with Gasteiger partial charge in [0.2, 0.25) is 0 Å². The number of anilines is 1. The molecule has 0 aromatic carbocycles. The van der Waals surface area contributed by atoms with Gasteiger partial charge in [0, 0.05) is 25.8 Å². The zero-order chi connectivity index (χ0) is 14.4. The van der Waals surface area contributed by atoms with Crippen molar-refractivity contribution >= 4 is 11.6 Å². The summed E-state index contributed by atoms with van der Waals surface area (Å²) in [5.74, 6) is 0.107. The highest BCUT2D eigenvalue weighted by atomic mass is 16.2. The summed E-state index contributed by atoms with van der Waals surface area (Å²) in [5.41, 5.74) is 1.56. The van der Waals surface area contributed by atoms with E-state index < -0.39 is 0 Å². The summed E-state index contributed by atoms with van der Waals surface area (Å²) in [6.45, 7) is 2.81. The standard InChI is InChI=1S/C16H25N3O/c1-3-18-15-12-17-11-10-14(15)16(20)19(2)13-8-6-4-5-7-9-13/h10-13,18H,3-9H2,1-2H3. The van der Waals surface area contributed by atoms with Crippen molar-refractivity contribution in [1.29, 1.82) is 0 Å². The number of carbonyl (C=O) groups excluding carboxylic acids is 1. The van der Waals surface area contributed by atoms with Crippen LogP contribution in [0.4, 0.5) is 5.69 Å². The minimum Gasteiger partial charge on any atom is -0.383 e. The SMILES string of the molecule is CCNc1cnccc1C(=O)N(C)C1CCCCCC1. The van der Waals surface area contributed by atoms with E-state index in [9.17, 15) is 4.79 Å². The van der Waals surface area contributed by atoms with Crippen LogP contribution in [-0.2, 0) is 0 Å². The molecule has 1 amide bonds. The first-order valence-electron chi connectivity index (χ1n) is 7.69. The maximum atomic E-state index is 12.7. The van der Waals surface area contributed by atoms with Gasteiger partial charge in [0.05, 0.1) is 17.4 Å². The second kappa shape index (κ2) is 7.27. The first-order valence-corrected chi connectivity index (χ1v) is 7.69. The molecule has 0 atom stereocenters. The Morgan fingerprint density at radius 1 is 1.35 bits per heavy atom. The monoisotopic (exact) mass is 275 g/mol. The van der Waals surface area contributed by atoms with Crippen LogP contribution in [0.2, 0.25) is 0 Å². The normalized spacial score (nSPS) is 16.5. The summed E-state index contributed by atoms with van der Waals surface area (Å²) in [4.78, 5) is 18.7. The van der Waals surface area contributed by atoms with Crippen molar-refractivity contribution in [3.05, 3.63) is 24.0 Å². The molecule has 2 rings (SSSR count). The summed E-state index contributed by atoms with van der Waals surface area (Å²) in [7, 11) is 1.94. The highest BCUT2D eigenvalue weighted by Crippen LogP contribution is 2.24. The Hall–Kier alpha value is -1.58. The van der Waals surface area contributed by atoms with E-state index in [1.165, 1.54) is 25.7 Å². The van der Waals surface area contributed by atoms with E-state index in [0.717, 1.165) is 30.6 Å². The average molecular weight is 275 g/mol. The molecule has 1 aromatic heterocycles. The van der Waals surface area contributed by atoms with E-state index in [0.29, 0.717) is 6.04 Å². The van der Waals surface area contributed by atoms with Crippen LogP contribution >= 0.6 is 0 Å². The van der Waals surface area contributed by atoms with Gasteiger partial charge in [-0.15, -0.1) is 0 Å². The van der Waals surface area contributed by atoms with E-state index in [1.54, 1.807) is 12.4 Å². The zero-order valence-electron chi connectivity index (χ0n) is 12.6. The predicted molar refractivity (Wildman–Crippen MR) is 82.0 cm³/mol. The smallest absolute Gasteiger partial charge is 0.256 e. The third-order valence-corrected chi connectivity index (χ3v) is 4.11. The molecule has 0 aliphatic heterocycles. The molecule has 0 radical (unpaired) electrons. The van der Waals surface area contributed by atoms with Crippen molar-refractivity contribution in [2.24, 2.45) is 0 Å². The number of nitrogens with one attached hydrogen (secondary N) is 1. The summed E-state index contributed by atoms with van der Waals surface area (Å²) in [6, 6.07) is 2.20. The first kappa shape index (κ1) is 14.8. The molecule has 0 unspecified atom stereocenters. The quantitative estimate of drug-likeness (QED) is 0.857. The van der Waals surface area contributed by atoms with Crippen LogP contribution < -0.4 is 5.32 Å². The number of hydrogen-bond acceptors (Lipinski definition) is 3. The predicted octanol–water partition coefficient (Wildman–Crippen LogP) is 3.31. The van der Waals surface area contributed by atoms with Crippen molar-refractivity contribution in [2.75, 3.05) is 18.9 Å². The van der Waals surface area contributed by atoms with Crippen molar-refractivity contribution in [2.45, 2.75) is 51.5 Å². The van der Waals surface area contributed by atoms with E-state index in [2.05, 4.69) is 10.3 Å². The summed E-state index contributed by atoms with van der Waals surface area (Å²) >= 11 is 0. The minimum absolute atomic E-state index is 0.107. The molecule has 110 valence electrons. The van der Waals surface area contributed by atoms with Gasteiger partial charge >= 0.3 is 0 Å². The van der Waals surface area contributed by atoms with Crippen LogP contribution in [0, 0.1) is 0 Å². The molecule has 1 fully saturated rings. The fourth-order valence-corrected chi connectivity index (χ4v) is 2.91. The summed E-state index contributed by atoms with van der Waals surface area (Å²) in [6.07, 6.45) is 10.8. The van der Waals surface area contributed by atoms with Crippen LogP contribution in [0.5, 0.6) is 0 Å². The average Bonchev–Trinajstić information content (AvgIpc) is 2.76. The number of rotatable bonds is 4. The van der Waals surface area contributed by atoms with Crippen molar-refractivity contribution in [3.63, 3.8) is 0 Å². The van der Waals surface area contributed by atoms with Gasteiger partial charge in [-0.05, 0) is 25.8 Å². The third-order valence-electron chi connectivity index (χ3n) is 4.11. The molecule has 0 saturated heterocycles. The van der Waals surface area contributed by atoms with Gasteiger partial charge in [-0.1, -0.05) is 25.7 Å². The van der Waals surface area contributed by atoms with Gasteiger partial charge < -0.3 is 10.2 Å². The van der Waals surface area contributed by atoms with Crippen LogP contribution in [0.3, 0.4) is 0 Å². The molecular weight excluding hydrogens is 250 g/mol. The summed E-state index contributed by atoms with van der Waals surface area (Å²) < 4.78 is 0. The third kappa shape index (κ3) is 3.50. The topological polar surface area (TPSA) is 45.2 Å². The van der Waals surface area contributed by atoms with E-state index in [4.69, 9.17) is 0 Å². The lowest BCUT2D eigenvalue weighted by Crippen LogP contribution is -2.37. The van der Waals surface area contributed by atoms with Gasteiger partial charge in [0.25, 0.3) is 5.91 Å². The molecule has 0 bridgehead atoms. The van der Waals surface area contributed by atoms with Gasteiger partial charge in [0.15, 0.2) is 0 Å². The van der Waals surface area contributed by atoms with Gasteiger partial charge in [-0.3, -0.25) is 9.78 Å². The molecule has 1 aromatic rings. The van der Waals surface area contributed by atoms with Crippen molar-refractivity contribution in [3.8, 4) is 0 Å². The lowest BCUT2D eigenvalue weighted by molar-refractivity contribution is 0.0718. The number of pyridine rings is 1. The number of aromatic nitrogens is 1.